The van der Waals surface area contributed by atoms with E-state index in [0.717, 1.165) is 5.39 Å². The van der Waals surface area contributed by atoms with Gasteiger partial charge < -0.3 is 13.9 Å². The molecule has 0 saturated carbocycles. The number of nitrogens with one attached hydrogen (secondary N) is 2. The van der Waals surface area contributed by atoms with Gasteiger partial charge in [0, 0.05) is 18.1 Å². The molecule has 0 spiro atoms. The zero-order chi connectivity index (χ0) is 19.2. The first-order chi connectivity index (χ1) is 13.1. The van der Waals surface area contributed by atoms with Gasteiger partial charge in [-0.05, 0) is 17.5 Å². The molecule has 9 heteroatoms. The van der Waals surface area contributed by atoms with Gasteiger partial charge in [-0.25, -0.2) is 4.79 Å². The lowest BCUT2D eigenvalue weighted by Gasteiger charge is -2.07. The SMILES string of the molecule is COCc1c(C(=O)OCC(=O)NNC(=O)c2cccs2)oc2ccccc12. The van der Waals surface area contributed by atoms with Crippen molar-refractivity contribution in [1.82, 2.24) is 10.9 Å². The van der Waals surface area contributed by atoms with Crippen molar-refractivity contribution in [2.24, 2.45) is 0 Å². The monoisotopic (exact) mass is 388 g/mol. The highest BCUT2D eigenvalue weighted by atomic mass is 32.1. The molecule has 8 nitrogen and oxygen atoms in total. The summed E-state index contributed by atoms with van der Waals surface area (Å²) >= 11 is 1.23. The fourth-order valence-corrected chi connectivity index (χ4v) is 3.00. The minimum atomic E-state index is -0.794. The number of thiophene rings is 1. The van der Waals surface area contributed by atoms with Crippen molar-refractivity contribution in [1.29, 1.82) is 0 Å². The molecule has 27 heavy (non-hydrogen) atoms. The molecule has 0 radical (unpaired) electrons. The van der Waals surface area contributed by atoms with Crippen molar-refractivity contribution >= 4 is 40.1 Å². The Morgan fingerprint density at radius 3 is 2.67 bits per heavy atom. The van der Waals surface area contributed by atoms with Crippen LogP contribution < -0.4 is 10.9 Å². The van der Waals surface area contributed by atoms with Crippen LogP contribution in [0.15, 0.2) is 46.2 Å². The van der Waals surface area contributed by atoms with Crippen LogP contribution in [0, 0.1) is 0 Å². The number of esters is 1. The smallest absolute Gasteiger partial charge is 0.375 e. The average Bonchev–Trinajstić information content (AvgIpc) is 3.33. The standard InChI is InChI=1S/C18H16N2O6S/c1-24-9-12-11-5-2-3-6-13(11)26-16(12)18(23)25-10-15(21)19-20-17(22)14-7-4-8-27-14/h2-8H,9-10H2,1H3,(H,19,21)(H,20,22). The molecule has 0 aliphatic carbocycles. The Labute approximate surface area is 158 Å². The van der Waals surface area contributed by atoms with Crippen LogP contribution in [0.25, 0.3) is 11.0 Å². The molecule has 0 atom stereocenters. The van der Waals surface area contributed by atoms with Crippen LogP contribution in [-0.2, 0) is 20.9 Å². The minimum absolute atomic E-state index is 0.0199. The van der Waals surface area contributed by atoms with Gasteiger partial charge in [-0.15, -0.1) is 11.3 Å². The first-order valence-corrected chi connectivity index (χ1v) is 8.77. The topological polar surface area (TPSA) is 107 Å². The Balaban J connectivity index is 1.59. The molecule has 0 unspecified atom stereocenters. The third-order valence-corrected chi connectivity index (χ3v) is 4.44. The highest BCUT2D eigenvalue weighted by molar-refractivity contribution is 7.12. The van der Waals surface area contributed by atoms with E-state index >= 15 is 0 Å². The number of furan rings is 1. The van der Waals surface area contributed by atoms with Crippen molar-refractivity contribution < 1.29 is 28.3 Å². The Morgan fingerprint density at radius 1 is 1.11 bits per heavy atom. The number of ether oxygens (including phenoxy) is 2. The van der Waals surface area contributed by atoms with Gasteiger partial charge in [0.15, 0.2) is 6.61 Å². The van der Waals surface area contributed by atoms with Crippen LogP contribution in [0.2, 0.25) is 0 Å². The summed E-state index contributed by atoms with van der Waals surface area (Å²) in [5, 5.41) is 2.47. The third-order valence-electron chi connectivity index (χ3n) is 3.57. The molecule has 1 aromatic carbocycles. The van der Waals surface area contributed by atoms with E-state index in [2.05, 4.69) is 10.9 Å². The van der Waals surface area contributed by atoms with E-state index in [-0.39, 0.29) is 12.4 Å². The highest BCUT2D eigenvalue weighted by Gasteiger charge is 2.22. The second-order valence-corrected chi connectivity index (χ2v) is 6.34. The van der Waals surface area contributed by atoms with E-state index in [9.17, 15) is 14.4 Å². The number of para-hydroxylation sites is 1. The summed E-state index contributed by atoms with van der Waals surface area (Å²) in [7, 11) is 1.50. The van der Waals surface area contributed by atoms with Crippen molar-refractivity contribution in [3.63, 3.8) is 0 Å². The predicted molar refractivity (Wildman–Crippen MR) is 97.1 cm³/mol. The molecular formula is C18H16N2O6S. The molecule has 2 heterocycles. The number of methoxy groups -OCH3 is 1. The molecular weight excluding hydrogens is 372 g/mol. The van der Waals surface area contributed by atoms with Gasteiger partial charge in [0.25, 0.3) is 11.8 Å². The normalized spacial score (nSPS) is 10.6. The second-order valence-electron chi connectivity index (χ2n) is 5.39. The first-order valence-electron chi connectivity index (χ1n) is 7.89. The van der Waals surface area contributed by atoms with E-state index in [4.69, 9.17) is 13.9 Å². The lowest BCUT2D eigenvalue weighted by atomic mass is 10.1. The molecule has 2 amide bonds. The molecule has 140 valence electrons. The first kappa shape index (κ1) is 18.6. The molecule has 0 aliphatic heterocycles. The summed E-state index contributed by atoms with van der Waals surface area (Å²) in [6.07, 6.45) is 0. The molecule has 0 bridgehead atoms. The summed E-state index contributed by atoms with van der Waals surface area (Å²) in [5.74, 6) is -1.95. The highest BCUT2D eigenvalue weighted by Crippen LogP contribution is 2.27. The Bertz CT molecular complexity index is 964. The van der Waals surface area contributed by atoms with Crippen LogP contribution >= 0.6 is 11.3 Å². The number of fused-ring (bicyclic) bond motifs is 1. The summed E-state index contributed by atoms with van der Waals surface area (Å²) in [6.45, 7) is -0.419. The molecule has 0 saturated heterocycles. The fourth-order valence-electron chi connectivity index (χ4n) is 2.38. The lowest BCUT2D eigenvalue weighted by molar-refractivity contribution is -0.125. The van der Waals surface area contributed by atoms with Crippen LogP contribution in [0.3, 0.4) is 0 Å². The van der Waals surface area contributed by atoms with Crippen LogP contribution in [0.4, 0.5) is 0 Å². The Hall–Kier alpha value is -3.17. The fraction of sp³-hybridized carbons (Fsp3) is 0.167. The van der Waals surface area contributed by atoms with Crippen LogP contribution in [-0.4, -0.2) is 31.5 Å². The maximum Gasteiger partial charge on any atom is 0.375 e. The molecule has 2 N–H and O–H groups in total. The zero-order valence-electron chi connectivity index (χ0n) is 14.3. The van der Waals surface area contributed by atoms with E-state index in [0.29, 0.717) is 16.0 Å². The second kappa shape index (κ2) is 8.47. The van der Waals surface area contributed by atoms with Crippen molar-refractivity contribution in [2.75, 3.05) is 13.7 Å². The van der Waals surface area contributed by atoms with Gasteiger partial charge in [-0.2, -0.15) is 0 Å². The van der Waals surface area contributed by atoms with Crippen molar-refractivity contribution in [3.05, 3.63) is 58.0 Å². The van der Waals surface area contributed by atoms with Gasteiger partial charge in [0.2, 0.25) is 5.76 Å². The van der Waals surface area contributed by atoms with E-state index in [1.165, 1.54) is 18.4 Å². The predicted octanol–water partition coefficient (Wildman–Crippen LogP) is 2.26. The van der Waals surface area contributed by atoms with Gasteiger partial charge in [0.05, 0.1) is 11.5 Å². The number of hydrogen-bond donors (Lipinski definition) is 2. The molecule has 0 fully saturated rings. The average molecular weight is 388 g/mol. The maximum absolute atomic E-state index is 12.3. The number of hydrogen-bond acceptors (Lipinski definition) is 7. The van der Waals surface area contributed by atoms with Gasteiger partial charge in [-0.3, -0.25) is 20.4 Å². The number of carbonyl (C=O) groups is 3. The summed E-state index contributed by atoms with van der Waals surface area (Å²) in [6, 6.07) is 10.4. The number of hydrazine groups is 1. The van der Waals surface area contributed by atoms with E-state index in [1.54, 1.807) is 35.7 Å². The number of rotatable bonds is 6. The molecule has 2 aromatic heterocycles. The zero-order valence-corrected chi connectivity index (χ0v) is 15.1. The molecule has 3 rings (SSSR count). The number of carbonyl (C=O) groups excluding carboxylic acids is 3. The van der Waals surface area contributed by atoms with Crippen LogP contribution in [0.1, 0.15) is 25.8 Å². The summed E-state index contributed by atoms with van der Waals surface area (Å²) < 4.78 is 15.6. The number of amides is 2. The van der Waals surface area contributed by atoms with Gasteiger partial charge >= 0.3 is 5.97 Å². The summed E-state index contributed by atoms with van der Waals surface area (Å²) in [5.41, 5.74) is 5.48. The quantitative estimate of drug-likeness (QED) is 0.496. The van der Waals surface area contributed by atoms with Crippen molar-refractivity contribution in [3.8, 4) is 0 Å². The van der Waals surface area contributed by atoms with Crippen molar-refractivity contribution in [2.45, 2.75) is 6.61 Å². The Kier molecular flexibility index (Phi) is 5.84. The van der Waals surface area contributed by atoms with Gasteiger partial charge in [-0.1, -0.05) is 24.3 Å². The largest absolute Gasteiger partial charge is 0.450 e. The molecule has 0 aliphatic rings. The molecule has 3 aromatic rings. The Morgan fingerprint density at radius 2 is 1.93 bits per heavy atom. The van der Waals surface area contributed by atoms with Gasteiger partial charge in [0.1, 0.15) is 5.58 Å². The summed E-state index contributed by atoms with van der Waals surface area (Å²) in [4.78, 5) is 36.3. The number of benzene rings is 1. The maximum atomic E-state index is 12.3. The van der Waals surface area contributed by atoms with Crippen LogP contribution in [0.5, 0.6) is 0 Å². The van der Waals surface area contributed by atoms with E-state index < -0.39 is 24.4 Å². The van der Waals surface area contributed by atoms with E-state index in [1.807, 2.05) is 6.07 Å². The lowest BCUT2D eigenvalue weighted by Crippen LogP contribution is -2.43. The minimum Gasteiger partial charge on any atom is -0.450 e. The third kappa shape index (κ3) is 4.33.